The molecule has 0 atom stereocenters. The first kappa shape index (κ1) is 22.1. The van der Waals surface area contributed by atoms with E-state index in [0.717, 1.165) is 53.8 Å². The summed E-state index contributed by atoms with van der Waals surface area (Å²) >= 11 is 0. The topological polar surface area (TPSA) is 127 Å². The van der Waals surface area contributed by atoms with Crippen molar-refractivity contribution in [3.8, 4) is 22.5 Å². The molecule has 0 amide bonds. The van der Waals surface area contributed by atoms with Gasteiger partial charge >= 0.3 is 5.69 Å². The molecular weight excluding hydrogens is 456 g/mol. The fourth-order valence-electron chi connectivity index (χ4n) is 4.72. The van der Waals surface area contributed by atoms with Crippen LogP contribution in [0, 0.1) is 5.92 Å². The van der Waals surface area contributed by atoms with Crippen molar-refractivity contribution in [2.45, 2.75) is 45.7 Å². The number of fused-ring (bicyclic) bond motifs is 1. The summed E-state index contributed by atoms with van der Waals surface area (Å²) in [7, 11) is 0. The number of imidazole rings is 1. The van der Waals surface area contributed by atoms with Gasteiger partial charge in [0.25, 0.3) is 5.56 Å². The molecule has 1 aliphatic carbocycles. The summed E-state index contributed by atoms with van der Waals surface area (Å²) in [6, 6.07) is 16.2. The zero-order chi connectivity index (χ0) is 24.6. The first-order valence-corrected chi connectivity index (χ1v) is 12.3. The van der Waals surface area contributed by atoms with Crippen LogP contribution in [0.3, 0.4) is 0 Å². The van der Waals surface area contributed by atoms with E-state index < -0.39 is 0 Å². The van der Waals surface area contributed by atoms with Crippen LogP contribution < -0.4 is 11.2 Å². The van der Waals surface area contributed by atoms with E-state index in [0.29, 0.717) is 36.0 Å². The minimum Gasteiger partial charge on any atom is -0.318 e. The third kappa shape index (κ3) is 4.04. The fourth-order valence-corrected chi connectivity index (χ4v) is 4.72. The maximum Gasteiger partial charge on any atom is 0.330 e. The van der Waals surface area contributed by atoms with E-state index in [1.807, 2.05) is 28.8 Å². The molecule has 0 bridgehead atoms. The molecule has 0 unspecified atom stereocenters. The van der Waals surface area contributed by atoms with Crippen LogP contribution in [0.25, 0.3) is 33.7 Å². The molecule has 10 heteroatoms. The third-order valence-electron chi connectivity index (χ3n) is 6.71. The van der Waals surface area contributed by atoms with Crippen molar-refractivity contribution in [3.63, 3.8) is 0 Å². The molecule has 5 aromatic rings. The van der Waals surface area contributed by atoms with Crippen LogP contribution in [-0.4, -0.2) is 39.7 Å². The molecule has 6 rings (SSSR count). The molecule has 2 aromatic carbocycles. The lowest BCUT2D eigenvalue weighted by atomic mass is 9.98. The number of nitrogens with zero attached hydrogens (tertiary/aromatic N) is 6. The molecule has 3 aromatic heterocycles. The summed E-state index contributed by atoms with van der Waals surface area (Å²) in [5.74, 6) is 1.92. The van der Waals surface area contributed by atoms with Crippen molar-refractivity contribution in [1.82, 2.24) is 39.7 Å². The number of nitrogens with one attached hydrogen (secondary N) is 2. The lowest BCUT2D eigenvalue weighted by molar-refractivity contribution is 0.606. The van der Waals surface area contributed by atoms with Crippen LogP contribution in [0.4, 0.5) is 0 Å². The van der Waals surface area contributed by atoms with E-state index in [4.69, 9.17) is 4.98 Å². The van der Waals surface area contributed by atoms with Crippen molar-refractivity contribution >= 4 is 11.2 Å². The van der Waals surface area contributed by atoms with Gasteiger partial charge in [-0.15, -0.1) is 5.10 Å². The Hall–Kier alpha value is -4.34. The lowest BCUT2D eigenvalue weighted by Gasteiger charge is -2.11. The molecule has 0 spiro atoms. The Morgan fingerprint density at radius 2 is 1.78 bits per heavy atom. The number of H-pyrrole nitrogens is 2. The Kier molecular flexibility index (Phi) is 5.55. The largest absolute Gasteiger partial charge is 0.330 e. The van der Waals surface area contributed by atoms with E-state index in [-0.39, 0.29) is 11.2 Å². The highest BCUT2D eigenvalue weighted by molar-refractivity contribution is 5.80. The summed E-state index contributed by atoms with van der Waals surface area (Å²) in [5, 5.41) is 14.3. The average Bonchev–Trinajstić information content (AvgIpc) is 3.40. The summed E-state index contributed by atoms with van der Waals surface area (Å²) in [6.45, 7) is 3.18. The van der Waals surface area contributed by atoms with E-state index in [1.54, 1.807) is 4.57 Å². The molecule has 0 aliphatic heterocycles. The highest BCUT2D eigenvalue weighted by Gasteiger charge is 2.25. The second kappa shape index (κ2) is 9.03. The number of aromatic amines is 2. The molecule has 1 aliphatic rings. The van der Waals surface area contributed by atoms with Crippen LogP contribution >= 0.6 is 0 Å². The van der Waals surface area contributed by atoms with Crippen molar-refractivity contribution in [3.05, 3.63) is 80.8 Å². The van der Waals surface area contributed by atoms with Crippen molar-refractivity contribution in [2.75, 3.05) is 0 Å². The van der Waals surface area contributed by atoms with Crippen LogP contribution in [0.1, 0.15) is 37.6 Å². The minimum absolute atomic E-state index is 0.378. The van der Waals surface area contributed by atoms with Gasteiger partial charge in [0.15, 0.2) is 17.0 Å². The second-order valence-corrected chi connectivity index (χ2v) is 9.34. The van der Waals surface area contributed by atoms with Gasteiger partial charge in [0.1, 0.15) is 5.82 Å². The number of aryl methyl sites for hydroxylation is 1. The van der Waals surface area contributed by atoms with Gasteiger partial charge < -0.3 is 4.57 Å². The predicted octanol–water partition coefficient (Wildman–Crippen LogP) is 3.14. The quantitative estimate of drug-likeness (QED) is 0.350. The first-order valence-electron chi connectivity index (χ1n) is 12.3. The van der Waals surface area contributed by atoms with Gasteiger partial charge in [-0.1, -0.05) is 55.5 Å². The number of tetrazole rings is 1. The smallest absolute Gasteiger partial charge is 0.318 e. The van der Waals surface area contributed by atoms with Crippen LogP contribution in [0.5, 0.6) is 0 Å². The SMILES string of the molecule is CCCc1nc2c(c(=O)[nH]c(=O)n2CC2CC2)n1Cc1ccc(-c2ccccc2-c2nnn[nH]2)cc1. The number of benzene rings is 2. The maximum absolute atomic E-state index is 12.9. The number of aromatic nitrogens is 8. The Morgan fingerprint density at radius 1 is 1.00 bits per heavy atom. The number of hydrogen-bond donors (Lipinski definition) is 2. The van der Waals surface area contributed by atoms with Crippen LogP contribution in [-0.2, 0) is 19.5 Å². The second-order valence-electron chi connectivity index (χ2n) is 9.34. The van der Waals surface area contributed by atoms with Crippen molar-refractivity contribution in [1.29, 1.82) is 0 Å². The predicted molar refractivity (Wildman–Crippen MR) is 135 cm³/mol. The molecule has 36 heavy (non-hydrogen) atoms. The molecule has 0 saturated heterocycles. The number of hydrogen-bond acceptors (Lipinski definition) is 6. The Bertz CT molecular complexity index is 1640. The highest BCUT2D eigenvalue weighted by Crippen LogP contribution is 2.31. The molecular formula is C26H26N8O2. The van der Waals surface area contributed by atoms with Crippen molar-refractivity contribution < 1.29 is 0 Å². The van der Waals surface area contributed by atoms with Crippen LogP contribution in [0.2, 0.25) is 0 Å². The van der Waals surface area contributed by atoms with Crippen molar-refractivity contribution in [2.24, 2.45) is 5.92 Å². The summed E-state index contributed by atoms with van der Waals surface area (Å²) < 4.78 is 3.60. The zero-order valence-corrected chi connectivity index (χ0v) is 19.9. The van der Waals surface area contributed by atoms with Gasteiger partial charge in [-0.05, 0) is 52.3 Å². The standard InChI is InChI=1S/C26H26N8O2/c1-2-5-21-27-24-22(25(35)28-26(36)34(24)15-16-8-9-16)33(21)14-17-10-12-18(13-11-17)19-6-3-4-7-20(19)23-29-31-32-30-23/h3-4,6-7,10-13,16H,2,5,8-9,14-15H2,1H3,(H,28,35,36)(H,29,30,31,32). The third-order valence-corrected chi connectivity index (χ3v) is 6.71. The molecule has 1 saturated carbocycles. The van der Waals surface area contributed by atoms with E-state index in [2.05, 4.69) is 56.8 Å². The van der Waals surface area contributed by atoms with E-state index >= 15 is 0 Å². The van der Waals surface area contributed by atoms with Gasteiger partial charge in [0.2, 0.25) is 0 Å². The molecule has 10 nitrogen and oxygen atoms in total. The molecule has 182 valence electrons. The summed E-state index contributed by atoms with van der Waals surface area (Å²) in [6.07, 6.45) is 3.83. The van der Waals surface area contributed by atoms with E-state index in [9.17, 15) is 9.59 Å². The molecule has 1 fully saturated rings. The van der Waals surface area contributed by atoms with Gasteiger partial charge in [0.05, 0.1) is 0 Å². The van der Waals surface area contributed by atoms with Gasteiger partial charge in [-0.3, -0.25) is 14.3 Å². The Labute approximate surface area is 206 Å². The van der Waals surface area contributed by atoms with Gasteiger partial charge in [-0.25, -0.2) is 14.9 Å². The average molecular weight is 483 g/mol. The fraction of sp³-hybridized carbons (Fsp3) is 0.308. The summed E-state index contributed by atoms with van der Waals surface area (Å²) in [4.78, 5) is 32.8. The monoisotopic (exact) mass is 482 g/mol. The molecule has 3 heterocycles. The normalized spacial score (nSPS) is 13.5. The van der Waals surface area contributed by atoms with Crippen LogP contribution in [0.15, 0.2) is 58.1 Å². The molecule has 0 radical (unpaired) electrons. The zero-order valence-electron chi connectivity index (χ0n) is 19.9. The first-order chi connectivity index (χ1) is 17.6. The lowest BCUT2D eigenvalue weighted by Crippen LogP contribution is -2.31. The summed E-state index contributed by atoms with van der Waals surface area (Å²) in [5.41, 5.74) is 4.19. The van der Waals surface area contributed by atoms with Gasteiger partial charge in [0, 0.05) is 25.1 Å². The maximum atomic E-state index is 12.9. The minimum atomic E-state index is -0.386. The Morgan fingerprint density at radius 3 is 2.47 bits per heavy atom. The Balaban J connectivity index is 1.38. The number of rotatable bonds is 8. The highest BCUT2D eigenvalue weighted by atomic mass is 16.2. The molecule has 2 N–H and O–H groups in total. The van der Waals surface area contributed by atoms with Gasteiger partial charge in [-0.2, -0.15) is 0 Å². The van der Waals surface area contributed by atoms with E-state index in [1.165, 1.54) is 0 Å².